The van der Waals surface area contributed by atoms with Gasteiger partial charge in [0.25, 0.3) is 0 Å². The Morgan fingerprint density at radius 2 is 1.71 bits per heavy atom. The van der Waals surface area contributed by atoms with Crippen LogP contribution >= 0.6 is 0 Å². The van der Waals surface area contributed by atoms with Gasteiger partial charge in [-0.05, 0) is 55.2 Å². The van der Waals surface area contributed by atoms with Crippen LogP contribution in [0.25, 0.3) is 16.8 Å². The average Bonchev–Trinajstić information content (AvgIpc) is 3.07. The highest BCUT2D eigenvalue weighted by Crippen LogP contribution is 2.42. The summed E-state index contributed by atoms with van der Waals surface area (Å²) in [6, 6.07) is 17.7. The summed E-state index contributed by atoms with van der Waals surface area (Å²) in [7, 11) is 0. The molecule has 0 atom stereocenters. The van der Waals surface area contributed by atoms with Gasteiger partial charge in [-0.3, -0.25) is 4.40 Å². The van der Waals surface area contributed by atoms with Crippen LogP contribution in [0.5, 0.6) is 11.5 Å². The number of ether oxygens (including phenoxy) is 1. The van der Waals surface area contributed by atoms with Crippen molar-refractivity contribution in [1.29, 1.82) is 0 Å². The van der Waals surface area contributed by atoms with Crippen molar-refractivity contribution in [3.8, 4) is 22.8 Å². The minimum absolute atomic E-state index is 0.485. The number of aromatic nitrogens is 3. The quantitative estimate of drug-likeness (QED) is 0.530. The summed E-state index contributed by atoms with van der Waals surface area (Å²) in [6.07, 6.45) is 6.05. The van der Waals surface area contributed by atoms with E-state index >= 15 is 0 Å². The molecule has 1 aliphatic rings. The van der Waals surface area contributed by atoms with Crippen molar-refractivity contribution in [2.24, 2.45) is 5.92 Å². The maximum atomic E-state index is 6.23. The number of imidazole rings is 1. The van der Waals surface area contributed by atoms with E-state index in [0.29, 0.717) is 11.7 Å². The molecule has 5 nitrogen and oxygen atoms in total. The fraction of sp³-hybridized carbons (Fsp3) is 0.217. The third-order valence-electron chi connectivity index (χ3n) is 5.46. The summed E-state index contributed by atoms with van der Waals surface area (Å²) in [6.45, 7) is 2.29. The largest absolute Gasteiger partial charge is 0.457 e. The van der Waals surface area contributed by atoms with E-state index < -0.39 is 0 Å². The molecular weight excluding hydrogens is 348 g/mol. The first-order chi connectivity index (χ1) is 13.7. The molecular formula is C23H22N4O. The van der Waals surface area contributed by atoms with Crippen molar-refractivity contribution in [2.45, 2.75) is 25.7 Å². The van der Waals surface area contributed by atoms with E-state index in [9.17, 15) is 0 Å². The van der Waals surface area contributed by atoms with Gasteiger partial charge >= 0.3 is 0 Å². The number of nitrogens with two attached hydrogens (primary N) is 1. The van der Waals surface area contributed by atoms with Crippen LogP contribution in [0.3, 0.4) is 0 Å². The zero-order valence-electron chi connectivity index (χ0n) is 15.7. The van der Waals surface area contributed by atoms with Gasteiger partial charge < -0.3 is 10.5 Å². The Bertz CT molecular complexity index is 1110. The lowest BCUT2D eigenvalue weighted by Crippen LogP contribution is -2.21. The van der Waals surface area contributed by atoms with Crippen LogP contribution in [0.2, 0.25) is 0 Å². The molecule has 0 bridgehead atoms. The first kappa shape index (κ1) is 16.8. The van der Waals surface area contributed by atoms with Crippen LogP contribution in [0.4, 0.5) is 5.82 Å². The monoisotopic (exact) mass is 370 g/mol. The molecule has 0 unspecified atom stereocenters. The van der Waals surface area contributed by atoms with Crippen molar-refractivity contribution in [1.82, 2.24) is 14.4 Å². The number of para-hydroxylation sites is 1. The fourth-order valence-electron chi connectivity index (χ4n) is 3.99. The Balaban J connectivity index is 1.52. The molecule has 0 saturated heterocycles. The molecule has 5 rings (SSSR count). The van der Waals surface area contributed by atoms with Crippen LogP contribution in [0, 0.1) is 5.92 Å². The highest BCUT2D eigenvalue weighted by Gasteiger charge is 2.31. The minimum atomic E-state index is 0.485. The summed E-state index contributed by atoms with van der Waals surface area (Å²) >= 11 is 0. The molecule has 0 radical (unpaired) electrons. The van der Waals surface area contributed by atoms with Gasteiger partial charge in [-0.2, -0.15) is 0 Å². The van der Waals surface area contributed by atoms with Crippen LogP contribution in [-0.4, -0.2) is 14.4 Å². The topological polar surface area (TPSA) is 65.4 Å². The predicted octanol–water partition coefficient (Wildman–Crippen LogP) is 5.28. The molecule has 28 heavy (non-hydrogen) atoms. The number of fused-ring (bicyclic) bond motifs is 1. The fourth-order valence-corrected chi connectivity index (χ4v) is 3.99. The number of benzene rings is 2. The predicted molar refractivity (Wildman–Crippen MR) is 110 cm³/mol. The Labute approximate surface area is 163 Å². The number of hydrogen-bond donors (Lipinski definition) is 1. The molecule has 0 amide bonds. The first-order valence-electron chi connectivity index (χ1n) is 9.65. The molecule has 5 heteroatoms. The number of nitrogen functional groups attached to an aromatic ring is 1. The second-order valence-electron chi connectivity index (χ2n) is 7.56. The lowest BCUT2D eigenvalue weighted by Gasteiger charge is -2.31. The van der Waals surface area contributed by atoms with Gasteiger partial charge in [0.2, 0.25) is 0 Å². The number of hydrogen-bond acceptors (Lipinski definition) is 4. The van der Waals surface area contributed by atoms with Crippen LogP contribution in [-0.2, 0) is 0 Å². The van der Waals surface area contributed by atoms with E-state index in [2.05, 4.69) is 16.3 Å². The van der Waals surface area contributed by atoms with E-state index in [0.717, 1.165) is 40.0 Å². The van der Waals surface area contributed by atoms with Crippen LogP contribution < -0.4 is 10.5 Å². The smallest absolute Gasteiger partial charge is 0.150 e. The first-order valence-corrected chi connectivity index (χ1v) is 9.65. The molecule has 2 N–H and O–H groups in total. The van der Waals surface area contributed by atoms with E-state index in [-0.39, 0.29) is 0 Å². The normalized spacial score (nSPS) is 18.8. The number of anilines is 1. The molecule has 2 aromatic heterocycles. The van der Waals surface area contributed by atoms with E-state index in [1.807, 2.05) is 60.8 Å². The summed E-state index contributed by atoms with van der Waals surface area (Å²) in [5, 5.41) is 0. The maximum Gasteiger partial charge on any atom is 0.150 e. The Kier molecular flexibility index (Phi) is 4.01. The summed E-state index contributed by atoms with van der Waals surface area (Å²) < 4.78 is 8.01. The van der Waals surface area contributed by atoms with Crippen molar-refractivity contribution in [3.63, 3.8) is 0 Å². The van der Waals surface area contributed by atoms with Crippen LogP contribution in [0.15, 0.2) is 67.0 Å². The van der Waals surface area contributed by atoms with Crippen molar-refractivity contribution >= 4 is 11.3 Å². The molecule has 2 aromatic carbocycles. The molecule has 1 fully saturated rings. The Hall–Kier alpha value is -3.34. The summed E-state index contributed by atoms with van der Waals surface area (Å²) in [4.78, 5) is 9.28. The van der Waals surface area contributed by atoms with Gasteiger partial charge in [0, 0.05) is 23.9 Å². The molecule has 1 aliphatic carbocycles. The summed E-state index contributed by atoms with van der Waals surface area (Å²) in [5.41, 5.74) is 9.00. The number of rotatable bonds is 4. The third kappa shape index (κ3) is 2.89. The maximum absolute atomic E-state index is 6.23. The highest BCUT2D eigenvalue weighted by molar-refractivity contribution is 5.85. The van der Waals surface area contributed by atoms with Gasteiger partial charge in [-0.1, -0.05) is 25.1 Å². The second-order valence-corrected chi connectivity index (χ2v) is 7.56. The van der Waals surface area contributed by atoms with Gasteiger partial charge in [0.15, 0.2) is 0 Å². The molecule has 4 aromatic rings. The third-order valence-corrected chi connectivity index (χ3v) is 5.46. The average molecular weight is 370 g/mol. The lowest BCUT2D eigenvalue weighted by molar-refractivity contribution is 0.277. The molecule has 1 saturated carbocycles. The lowest BCUT2D eigenvalue weighted by atomic mass is 9.76. The van der Waals surface area contributed by atoms with E-state index in [4.69, 9.17) is 15.5 Å². The van der Waals surface area contributed by atoms with Crippen molar-refractivity contribution in [2.75, 3.05) is 5.73 Å². The van der Waals surface area contributed by atoms with E-state index in [1.165, 1.54) is 12.8 Å². The summed E-state index contributed by atoms with van der Waals surface area (Å²) in [5.74, 6) is 4.44. The molecule has 2 heterocycles. The zero-order chi connectivity index (χ0) is 19.1. The van der Waals surface area contributed by atoms with Gasteiger partial charge in [-0.25, -0.2) is 9.97 Å². The highest BCUT2D eigenvalue weighted by atomic mass is 16.5. The molecule has 0 spiro atoms. The Morgan fingerprint density at radius 3 is 2.43 bits per heavy atom. The van der Waals surface area contributed by atoms with Gasteiger partial charge in [0.1, 0.15) is 34.4 Å². The molecule has 140 valence electrons. The van der Waals surface area contributed by atoms with E-state index in [1.54, 1.807) is 6.20 Å². The SMILES string of the molecule is CC1CC(c2nc(-c3ccc(Oc4ccccc4)cc3)c3c(N)nccn23)C1. The van der Waals surface area contributed by atoms with Crippen LogP contribution in [0.1, 0.15) is 31.5 Å². The van der Waals surface area contributed by atoms with Crippen molar-refractivity contribution < 1.29 is 4.74 Å². The number of nitrogens with zero attached hydrogens (tertiary/aromatic N) is 3. The van der Waals surface area contributed by atoms with Crippen molar-refractivity contribution in [3.05, 3.63) is 72.8 Å². The zero-order valence-corrected chi connectivity index (χ0v) is 15.7. The Morgan fingerprint density at radius 1 is 1.00 bits per heavy atom. The minimum Gasteiger partial charge on any atom is -0.457 e. The molecule has 0 aliphatic heterocycles. The second kappa shape index (κ2) is 6.68. The van der Waals surface area contributed by atoms with Gasteiger partial charge in [0.05, 0.1) is 0 Å². The van der Waals surface area contributed by atoms with Gasteiger partial charge in [-0.15, -0.1) is 0 Å². The standard InChI is InChI=1S/C23H22N4O/c1-15-13-17(14-15)23-26-20(21-22(24)25-11-12-27(21)23)16-7-9-19(10-8-16)28-18-5-3-2-4-6-18/h2-12,15,17H,13-14H2,1H3,(H2,24,25).